The highest BCUT2D eigenvalue weighted by Gasteiger charge is 2.49. The van der Waals surface area contributed by atoms with Crippen LogP contribution < -0.4 is 9.47 Å². The van der Waals surface area contributed by atoms with Crippen molar-refractivity contribution in [3.05, 3.63) is 81.2 Å². The monoisotopic (exact) mass is 575 g/mol. The second-order valence-electron chi connectivity index (χ2n) is 13.3. The average Bonchev–Trinajstić information content (AvgIpc) is 2.89. The number of hydrogen-bond donors (Lipinski definition) is 0. The minimum atomic E-state index is -0.480. The van der Waals surface area contributed by atoms with Gasteiger partial charge in [-0.2, -0.15) is 0 Å². The Bertz CT molecular complexity index is 1370. The molecule has 3 aliphatic rings. The molecule has 0 N–H and O–H groups in total. The van der Waals surface area contributed by atoms with Crippen molar-refractivity contribution in [3.8, 4) is 11.5 Å². The Morgan fingerprint density at radius 2 is 1.49 bits per heavy atom. The van der Waals surface area contributed by atoms with Crippen molar-refractivity contribution in [1.29, 1.82) is 0 Å². The van der Waals surface area contributed by atoms with Crippen molar-refractivity contribution < 1.29 is 19.1 Å². The largest absolute Gasteiger partial charge is 0.493 e. The molecule has 5 rings (SSSR count). The van der Waals surface area contributed by atoms with Gasteiger partial charge in [0.05, 0.1) is 18.7 Å². The average molecular weight is 576 g/mol. The number of ether oxygens (including phenoxy) is 2. The molecule has 0 aromatic heterocycles. The molecule has 0 saturated heterocycles. The van der Waals surface area contributed by atoms with Gasteiger partial charge in [-0.1, -0.05) is 76.6 Å². The second-order valence-corrected chi connectivity index (χ2v) is 13.7. The zero-order chi connectivity index (χ0) is 29.5. The van der Waals surface area contributed by atoms with Crippen LogP contribution in [-0.4, -0.2) is 36.7 Å². The maximum Gasteiger partial charge on any atom is 0.179 e. The lowest BCUT2D eigenvalue weighted by Gasteiger charge is -2.49. The Hall–Kier alpha value is -3.05. The third kappa shape index (κ3) is 5.83. The van der Waals surface area contributed by atoms with Crippen molar-refractivity contribution in [1.82, 2.24) is 4.90 Å². The zero-order valence-electron chi connectivity index (χ0n) is 25.2. The number of carbonyl (C=O) groups is 2. The summed E-state index contributed by atoms with van der Waals surface area (Å²) in [7, 11) is 1.60. The molecule has 2 aromatic carbocycles. The quantitative estimate of drug-likeness (QED) is 0.318. The minimum Gasteiger partial charge on any atom is -0.493 e. The number of nitrogens with zero attached hydrogens (tertiary/aromatic N) is 1. The van der Waals surface area contributed by atoms with E-state index >= 15 is 0 Å². The number of ketones is 2. The van der Waals surface area contributed by atoms with E-state index in [1.807, 2.05) is 25.1 Å². The van der Waals surface area contributed by atoms with Crippen molar-refractivity contribution in [2.24, 2.45) is 10.8 Å². The number of allylic oxidation sites excluding steroid dienone is 4. The van der Waals surface area contributed by atoms with Gasteiger partial charge in [0.2, 0.25) is 0 Å². The Morgan fingerprint density at radius 1 is 0.902 bits per heavy atom. The topological polar surface area (TPSA) is 55.8 Å². The lowest BCUT2D eigenvalue weighted by atomic mass is 9.63. The summed E-state index contributed by atoms with van der Waals surface area (Å²) in [4.78, 5) is 30.5. The van der Waals surface area contributed by atoms with Crippen LogP contribution in [0, 0.1) is 10.8 Å². The van der Waals surface area contributed by atoms with Crippen LogP contribution in [0.15, 0.2) is 65.0 Å². The molecule has 41 heavy (non-hydrogen) atoms. The molecular weight excluding hydrogens is 534 g/mol. The highest BCUT2D eigenvalue weighted by Crippen LogP contribution is 2.55. The molecular formula is C35H42ClNO4. The van der Waals surface area contributed by atoms with Crippen LogP contribution in [0.3, 0.4) is 0 Å². The molecule has 5 nitrogen and oxygen atoms in total. The van der Waals surface area contributed by atoms with Gasteiger partial charge in [0.25, 0.3) is 0 Å². The van der Waals surface area contributed by atoms with Gasteiger partial charge < -0.3 is 14.4 Å². The van der Waals surface area contributed by atoms with Gasteiger partial charge in [0, 0.05) is 47.8 Å². The zero-order valence-corrected chi connectivity index (χ0v) is 26.0. The van der Waals surface area contributed by atoms with Gasteiger partial charge in [0.15, 0.2) is 23.1 Å². The number of methoxy groups -OCH3 is 1. The number of hydrogen-bond acceptors (Lipinski definition) is 5. The molecule has 1 aliphatic heterocycles. The normalized spacial score (nSPS) is 20.2. The number of halogens is 1. The van der Waals surface area contributed by atoms with E-state index < -0.39 is 5.92 Å². The Labute approximate surface area is 249 Å². The summed E-state index contributed by atoms with van der Waals surface area (Å²) in [5, 5.41) is 0.427. The van der Waals surface area contributed by atoms with Crippen LogP contribution in [0.2, 0.25) is 5.02 Å². The van der Waals surface area contributed by atoms with Crippen molar-refractivity contribution in [2.75, 3.05) is 20.3 Å². The molecule has 1 heterocycles. The Balaban J connectivity index is 1.71. The summed E-state index contributed by atoms with van der Waals surface area (Å²) in [6.07, 6.45) is 4.09. The molecule has 218 valence electrons. The second kappa shape index (κ2) is 11.3. The van der Waals surface area contributed by atoms with Crippen LogP contribution in [0.1, 0.15) is 83.8 Å². The number of carbonyl (C=O) groups excluding carboxylic acids is 2. The molecule has 0 unspecified atom stereocenters. The van der Waals surface area contributed by atoms with Crippen LogP contribution in [0.25, 0.3) is 0 Å². The molecule has 6 heteroatoms. The van der Waals surface area contributed by atoms with E-state index in [1.165, 1.54) is 5.56 Å². The summed E-state index contributed by atoms with van der Waals surface area (Å²) >= 11 is 6.81. The van der Waals surface area contributed by atoms with Crippen LogP contribution >= 0.6 is 11.6 Å². The number of rotatable bonds is 8. The molecule has 0 atom stereocenters. The van der Waals surface area contributed by atoms with Gasteiger partial charge >= 0.3 is 0 Å². The van der Waals surface area contributed by atoms with Gasteiger partial charge in [-0.25, -0.2) is 0 Å². The first-order valence-electron chi connectivity index (χ1n) is 14.8. The highest BCUT2D eigenvalue weighted by molar-refractivity contribution is 6.32. The van der Waals surface area contributed by atoms with Crippen LogP contribution in [0.5, 0.6) is 11.5 Å². The highest BCUT2D eigenvalue weighted by atomic mass is 35.5. The van der Waals surface area contributed by atoms with E-state index in [4.69, 9.17) is 21.1 Å². The lowest BCUT2D eigenvalue weighted by molar-refractivity contribution is -0.119. The Kier molecular flexibility index (Phi) is 8.13. The fourth-order valence-corrected chi connectivity index (χ4v) is 7.06. The van der Waals surface area contributed by atoms with Gasteiger partial charge in [-0.3, -0.25) is 9.59 Å². The van der Waals surface area contributed by atoms with Gasteiger partial charge in [-0.15, -0.1) is 0 Å². The first-order valence-corrected chi connectivity index (χ1v) is 15.2. The minimum absolute atomic E-state index is 0.108. The van der Waals surface area contributed by atoms with Gasteiger partial charge in [-0.05, 0) is 59.8 Å². The van der Waals surface area contributed by atoms with Crippen molar-refractivity contribution in [3.63, 3.8) is 0 Å². The molecule has 0 spiro atoms. The standard InChI is InChI=1S/C35H42ClNO4/c1-7-15-41-33-24(36)16-23(17-29(33)40-6)30-31-25(18-34(2,3)20-27(31)38)37(14-13-22-11-9-8-10-12-22)26-19-35(4,5)21-28(39)32(26)30/h8-12,16-17,30H,7,13-15,18-21H2,1-6H3. The molecule has 2 aromatic rings. The third-order valence-electron chi connectivity index (χ3n) is 8.52. The van der Waals surface area contributed by atoms with E-state index in [0.29, 0.717) is 36.0 Å². The van der Waals surface area contributed by atoms with E-state index in [9.17, 15) is 9.59 Å². The first-order chi connectivity index (χ1) is 19.4. The number of benzene rings is 2. The fourth-order valence-electron chi connectivity index (χ4n) is 6.79. The van der Waals surface area contributed by atoms with Gasteiger partial charge in [0.1, 0.15) is 0 Å². The van der Waals surface area contributed by atoms with E-state index in [1.54, 1.807) is 7.11 Å². The summed E-state index contributed by atoms with van der Waals surface area (Å²) in [6.45, 7) is 11.9. The predicted octanol–water partition coefficient (Wildman–Crippen LogP) is 8.07. The van der Waals surface area contributed by atoms with Crippen LogP contribution in [-0.2, 0) is 16.0 Å². The molecule has 0 radical (unpaired) electrons. The van der Waals surface area contributed by atoms with E-state index in [-0.39, 0.29) is 22.4 Å². The SMILES string of the molecule is CCCOc1c(Cl)cc(C2C3=C(CC(C)(C)CC3=O)N(CCc3ccccc3)C3=C2C(=O)CC(C)(C)C3)cc1OC. The maximum absolute atomic E-state index is 14.1. The predicted molar refractivity (Wildman–Crippen MR) is 163 cm³/mol. The Morgan fingerprint density at radius 3 is 2.02 bits per heavy atom. The van der Waals surface area contributed by atoms with Crippen molar-refractivity contribution in [2.45, 2.75) is 79.1 Å². The molecule has 2 aliphatic carbocycles. The summed E-state index contributed by atoms with van der Waals surface area (Å²) in [5.74, 6) is 0.750. The fraction of sp³-hybridized carbons (Fsp3) is 0.486. The number of Topliss-reactive ketones (excluding diaryl/α,β-unsaturated/α-hetero) is 2. The third-order valence-corrected chi connectivity index (χ3v) is 8.81. The van der Waals surface area contributed by atoms with E-state index in [2.05, 4.69) is 56.9 Å². The van der Waals surface area contributed by atoms with Crippen molar-refractivity contribution >= 4 is 23.2 Å². The van der Waals surface area contributed by atoms with E-state index in [0.717, 1.165) is 60.3 Å². The summed E-state index contributed by atoms with van der Waals surface area (Å²) < 4.78 is 11.7. The first kappa shape index (κ1) is 29.4. The smallest absolute Gasteiger partial charge is 0.179 e. The summed E-state index contributed by atoms with van der Waals surface area (Å²) in [6, 6.07) is 14.2. The molecule has 0 saturated carbocycles. The van der Waals surface area contributed by atoms with Crippen LogP contribution in [0.4, 0.5) is 0 Å². The lowest BCUT2D eigenvalue weighted by Crippen LogP contribution is -2.45. The molecule has 0 bridgehead atoms. The molecule has 0 fully saturated rings. The molecule has 0 amide bonds. The maximum atomic E-state index is 14.1. The summed E-state index contributed by atoms with van der Waals surface area (Å²) in [5.41, 5.74) is 5.28.